The van der Waals surface area contributed by atoms with E-state index in [-0.39, 0.29) is 0 Å². The molecule has 0 radical (unpaired) electrons. The van der Waals surface area contributed by atoms with Gasteiger partial charge in [-0.15, -0.1) is 0 Å². The predicted octanol–water partition coefficient (Wildman–Crippen LogP) is 3.38. The molecule has 0 spiro atoms. The molecular weight excluding hydrogens is 220 g/mol. The van der Waals surface area contributed by atoms with Crippen molar-refractivity contribution in [1.82, 2.24) is 10.2 Å². The van der Waals surface area contributed by atoms with Crippen LogP contribution in [0.15, 0.2) is 0 Å². The Morgan fingerprint density at radius 1 is 1.11 bits per heavy atom. The quantitative estimate of drug-likeness (QED) is 0.813. The largest absolute Gasteiger partial charge is 0.311 e. The van der Waals surface area contributed by atoms with Crippen LogP contribution in [-0.2, 0) is 0 Å². The highest BCUT2D eigenvalue weighted by Gasteiger charge is 2.36. The molecule has 0 aromatic rings. The van der Waals surface area contributed by atoms with E-state index in [9.17, 15) is 0 Å². The van der Waals surface area contributed by atoms with Crippen molar-refractivity contribution in [2.75, 3.05) is 19.6 Å². The maximum atomic E-state index is 3.76. The smallest absolute Gasteiger partial charge is 0.0244 e. The summed E-state index contributed by atoms with van der Waals surface area (Å²) in [5.74, 6) is 0.723. The van der Waals surface area contributed by atoms with Crippen molar-refractivity contribution in [3.05, 3.63) is 0 Å². The molecule has 108 valence electrons. The molecule has 0 aromatic carbocycles. The molecule has 2 unspecified atom stereocenters. The Kier molecular flexibility index (Phi) is 4.88. The minimum atomic E-state index is 0.345. The first-order valence-corrected chi connectivity index (χ1v) is 7.48. The van der Waals surface area contributed by atoms with Crippen LogP contribution in [0.1, 0.15) is 55.4 Å². The zero-order chi connectivity index (χ0) is 14.1. The van der Waals surface area contributed by atoms with Crippen molar-refractivity contribution in [1.29, 1.82) is 0 Å². The van der Waals surface area contributed by atoms with Crippen molar-refractivity contribution >= 4 is 0 Å². The van der Waals surface area contributed by atoms with Crippen molar-refractivity contribution in [2.45, 2.75) is 67.5 Å². The first-order chi connectivity index (χ1) is 8.00. The molecule has 2 heteroatoms. The molecule has 2 atom stereocenters. The van der Waals surface area contributed by atoms with Gasteiger partial charge in [0.1, 0.15) is 0 Å². The molecule has 0 bridgehead atoms. The minimum Gasteiger partial charge on any atom is -0.311 e. The van der Waals surface area contributed by atoms with E-state index in [0.717, 1.165) is 12.5 Å². The van der Waals surface area contributed by atoms with Crippen molar-refractivity contribution in [3.63, 3.8) is 0 Å². The Morgan fingerprint density at radius 2 is 1.67 bits per heavy atom. The summed E-state index contributed by atoms with van der Waals surface area (Å²) in [7, 11) is 0. The number of hydrogen-bond acceptors (Lipinski definition) is 2. The highest BCUT2D eigenvalue weighted by atomic mass is 15.2. The van der Waals surface area contributed by atoms with Crippen LogP contribution in [-0.4, -0.2) is 36.6 Å². The average molecular weight is 254 g/mol. The molecule has 1 aliphatic rings. The summed E-state index contributed by atoms with van der Waals surface area (Å²) < 4.78 is 0. The lowest BCUT2D eigenvalue weighted by Crippen LogP contribution is -2.62. The lowest BCUT2D eigenvalue weighted by Gasteiger charge is -2.48. The summed E-state index contributed by atoms with van der Waals surface area (Å²) in [6.45, 7) is 22.3. The van der Waals surface area contributed by atoms with Crippen LogP contribution >= 0.6 is 0 Å². The zero-order valence-corrected chi connectivity index (χ0v) is 13.8. The molecule has 1 aliphatic heterocycles. The van der Waals surface area contributed by atoms with E-state index in [1.54, 1.807) is 0 Å². The summed E-state index contributed by atoms with van der Waals surface area (Å²) in [6.07, 6.45) is 0. The third-order valence-electron chi connectivity index (χ3n) is 3.95. The zero-order valence-electron chi connectivity index (χ0n) is 13.8. The van der Waals surface area contributed by atoms with Crippen molar-refractivity contribution in [3.8, 4) is 0 Å². The number of nitrogens with zero attached hydrogens (tertiary/aromatic N) is 1. The van der Waals surface area contributed by atoms with Crippen molar-refractivity contribution < 1.29 is 0 Å². The first kappa shape index (κ1) is 16.0. The van der Waals surface area contributed by atoms with E-state index < -0.39 is 0 Å². The van der Waals surface area contributed by atoms with Gasteiger partial charge in [0.05, 0.1) is 0 Å². The van der Waals surface area contributed by atoms with Gasteiger partial charge in [0, 0.05) is 31.7 Å². The van der Waals surface area contributed by atoms with Crippen LogP contribution in [0.4, 0.5) is 0 Å². The highest BCUT2D eigenvalue weighted by Crippen LogP contribution is 2.28. The summed E-state index contributed by atoms with van der Waals surface area (Å²) in [5, 5.41) is 3.76. The van der Waals surface area contributed by atoms with E-state index in [4.69, 9.17) is 0 Å². The normalized spacial score (nSPS) is 27.8. The lowest BCUT2D eigenvalue weighted by atomic mass is 9.82. The number of nitrogens with one attached hydrogen (secondary N) is 1. The summed E-state index contributed by atoms with van der Waals surface area (Å²) in [6, 6.07) is 1.29. The van der Waals surface area contributed by atoms with E-state index in [1.807, 2.05) is 0 Å². The second kappa shape index (κ2) is 5.50. The molecule has 0 aromatic heterocycles. The molecule has 1 heterocycles. The van der Waals surface area contributed by atoms with Gasteiger partial charge in [0.15, 0.2) is 0 Å². The molecule has 0 amide bonds. The van der Waals surface area contributed by atoms with Crippen LogP contribution < -0.4 is 5.32 Å². The standard InChI is InChI=1S/C16H34N2/c1-12(2)13-9-17-14(16(6,7)8)10-18(13)11-15(3,4)5/h12-14,17H,9-11H2,1-8H3. The van der Waals surface area contributed by atoms with Gasteiger partial charge in [-0.25, -0.2) is 0 Å². The molecule has 18 heavy (non-hydrogen) atoms. The second-order valence-electron chi connectivity index (χ2n) is 8.63. The molecule has 2 nitrogen and oxygen atoms in total. The maximum absolute atomic E-state index is 3.76. The fourth-order valence-electron chi connectivity index (χ4n) is 2.86. The first-order valence-electron chi connectivity index (χ1n) is 7.48. The third kappa shape index (κ3) is 4.55. The molecule has 0 saturated carbocycles. The van der Waals surface area contributed by atoms with Gasteiger partial charge >= 0.3 is 0 Å². The van der Waals surface area contributed by atoms with Gasteiger partial charge in [-0.2, -0.15) is 0 Å². The molecular formula is C16H34N2. The predicted molar refractivity (Wildman–Crippen MR) is 80.9 cm³/mol. The SMILES string of the molecule is CC(C)C1CNC(C(C)(C)C)CN1CC(C)(C)C. The summed E-state index contributed by atoms with van der Waals surface area (Å²) >= 11 is 0. The summed E-state index contributed by atoms with van der Waals surface area (Å²) in [4.78, 5) is 2.72. The van der Waals surface area contributed by atoms with Gasteiger partial charge in [0.2, 0.25) is 0 Å². The Bertz CT molecular complexity index is 257. The maximum Gasteiger partial charge on any atom is 0.0244 e. The van der Waals surface area contributed by atoms with E-state index in [2.05, 4.69) is 65.6 Å². The average Bonchev–Trinajstić information content (AvgIpc) is 2.12. The lowest BCUT2D eigenvalue weighted by molar-refractivity contribution is 0.0388. The second-order valence-corrected chi connectivity index (χ2v) is 8.63. The van der Waals surface area contributed by atoms with Crippen LogP contribution in [0.3, 0.4) is 0 Å². The Balaban J connectivity index is 2.77. The highest BCUT2D eigenvalue weighted by molar-refractivity contribution is 4.93. The van der Waals surface area contributed by atoms with Crippen molar-refractivity contribution in [2.24, 2.45) is 16.7 Å². The fraction of sp³-hybridized carbons (Fsp3) is 1.00. The fourth-order valence-corrected chi connectivity index (χ4v) is 2.86. The molecule has 1 saturated heterocycles. The monoisotopic (exact) mass is 254 g/mol. The van der Waals surface area contributed by atoms with Gasteiger partial charge in [-0.1, -0.05) is 55.4 Å². The molecule has 1 fully saturated rings. The van der Waals surface area contributed by atoms with E-state index >= 15 is 0 Å². The molecule has 1 rings (SSSR count). The van der Waals surface area contributed by atoms with Crippen LogP contribution in [0, 0.1) is 16.7 Å². The minimum absolute atomic E-state index is 0.345. The van der Waals surface area contributed by atoms with Gasteiger partial charge in [-0.3, -0.25) is 4.90 Å². The molecule has 1 N–H and O–H groups in total. The van der Waals surface area contributed by atoms with Crippen LogP contribution in [0.2, 0.25) is 0 Å². The number of rotatable bonds is 2. The number of piperazine rings is 1. The van der Waals surface area contributed by atoms with Crippen LogP contribution in [0.25, 0.3) is 0 Å². The summed E-state index contributed by atoms with van der Waals surface area (Å²) in [5.41, 5.74) is 0.727. The van der Waals surface area contributed by atoms with E-state index in [1.165, 1.54) is 13.1 Å². The van der Waals surface area contributed by atoms with Crippen LogP contribution in [0.5, 0.6) is 0 Å². The number of hydrogen-bond donors (Lipinski definition) is 1. The van der Waals surface area contributed by atoms with E-state index in [0.29, 0.717) is 22.9 Å². The third-order valence-corrected chi connectivity index (χ3v) is 3.95. The Morgan fingerprint density at radius 3 is 2.06 bits per heavy atom. The van der Waals surface area contributed by atoms with Gasteiger partial charge in [-0.05, 0) is 16.7 Å². The Hall–Kier alpha value is -0.0800. The molecule has 0 aliphatic carbocycles. The topological polar surface area (TPSA) is 15.3 Å². The Labute approximate surface area is 115 Å². The van der Waals surface area contributed by atoms with Gasteiger partial charge < -0.3 is 5.32 Å². The van der Waals surface area contributed by atoms with Gasteiger partial charge in [0.25, 0.3) is 0 Å².